The van der Waals surface area contributed by atoms with Crippen molar-refractivity contribution in [3.8, 4) is 51.0 Å². The predicted octanol–water partition coefficient (Wildman–Crippen LogP) is 13.8. The van der Waals surface area contributed by atoms with Crippen molar-refractivity contribution >= 4 is 65.3 Å². The van der Waals surface area contributed by atoms with E-state index in [9.17, 15) is 0 Å². The van der Waals surface area contributed by atoms with Crippen molar-refractivity contribution in [2.24, 2.45) is 0 Å². The molecule has 0 aliphatic rings. The summed E-state index contributed by atoms with van der Waals surface area (Å²) in [5, 5.41) is 9.34. The van der Waals surface area contributed by atoms with E-state index in [1.807, 2.05) is 72.8 Å². The van der Waals surface area contributed by atoms with Gasteiger partial charge in [0.1, 0.15) is 11.2 Å². The first kappa shape index (κ1) is 32.4. The molecule has 9 aromatic carbocycles. The highest BCUT2D eigenvalue weighted by Gasteiger charge is 2.24. The summed E-state index contributed by atoms with van der Waals surface area (Å²) in [5.41, 5.74) is 9.81. The normalized spacial score (nSPS) is 11.8. The SMILES string of the molecule is c1ccc(-c2nc(-c3ccccc3)nc(-c3cc(-n4c5ccc6ccccc6c5c5c6ccccc6c(-c6ccccc6)cc54)c4c(c3)oc3ccccc34)n2)cc1. The molecule has 0 aliphatic carbocycles. The zero-order valence-electron chi connectivity index (χ0n) is 31.2. The standard InChI is InChI=1S/C53H32N4O/c1-4-16-33(17-5-1)42-32-45-50(40-25-13-12-24-39(40)42)49-38-23-11-10-18-34(38)28-29-43(49)57(45)44-30-37(31-47-48(44)41-26-14-15-27-46(41)58-47)53-55-51(35-19-6-2-7-20-35)54-52(56-53)36-21-8-3-9-22-36/h1-32H. The number of furan rings is 1. The monoisotopic (exact) mass is 740 g/mol. The molecule has 3 aromatic heterocycles. The maximum atomic E-state index is 6.76. The van der Waals surface area contributed by atoms with Crippen LogP contribution in [0.15, 0.2) is 199 Å². The summed E-state index contributed by atoms with van der Waals surface area (Å²) in [6.45, 7) is 0. The van der Waals surface area contributed by atoms with Crippen LogP contribution < -0.4 is 0 Å². The number of aromatic nitrogens is 4. The lowest BCUT2D eigenvalue weighted by Gasteiger charge is -2.15. The van der Waals surface area contributed by atoms with Crippen LogP contribution in [-0.4, -0.2) is 19.5 Å². The van der Waals surface area contributed by atoms with Gasteiger partial charge in [0, 0.05) is 32.8 Å². The largest absolute Gasteiger partial charge is 0.456 e. The highest BCUT2D eigenvalue weighted by Crippen LogP contribution is 2.46. The fourth-order valence-corrected chi connectivity index (χ4v) is 8.83. The molecule has 3 heterocycles. The van der Waals surface area contributed by atoms with E-state index in [0.717, 1.165) is 55.3 Å². The van der Waals surface area contributed by atoms with E-state index in [0.29, 0.717) is 17.5 Å². The van der Waals surface area contributed by atoms with Gasteiger partial charge in [-0.2, -0.15) is 0 Å². The molecule has 12 aromatic rings. The van der Waals surface area contributed by atoms with E-state index >= 15 is 0 Å². The molecule has 0 radical (unpaired) electrons. The quantitative estimate of drug-likeness (QED) is 0.176. The number of para-hydroxylation sites is 1. The molecule has 0 bridgehead atoms. The van der Waals surface area contributed by atoms with Gasteiger partial charge in [-0.05, 0) is 63.0 Å². The van der Waals surface area contributed by atoms with Gasteiger partial charge < -0.3 is 8.98 Å². The smallest absolute Gasteiger partial charge is 0.164 e. The minimum Gasteiger partial charge on any atom is -0.456 e. The van der Waals surface area contributed by atoms with Gasteiger partial charge in [-0.1, -0.05) is 164 Å². The molecule has 0 spiro atoms. The lowest BCUT2D eigenvalue weighted by molar-refractivity contribution is 0.669. The van der Waals surface area contributed by atoms with Crippen molar-refractivity contribution in [1.29, 1.82) is 0 Å². The Labute approximate surface area is 333 Å². The summed E-state index contributed by atoms with van der Waals surface area (Å²) >= 11 is 0. The Morgan fingerprint density at radius 2 is 0.879 bits per heavy atom. The maximum Gasteiger partial charge on any atom is 0.164 e. The summed E-state index contributed by atoms with van der Waals surface area (Å²) < 4.78 is 9.20. The van der Waals surface area contributed by atoms with E-state index in [1.54, 1.807) is 0 Å². The van der Waals surface area contributed by atoms with Crippen LogP contribution in [0.4, 0.5) is 0 Å². The van der Waals surface area contributed by atoms with Gasteiger partial charge in [-0.25, -0.2) is 15.0 Å². The molecular formula is C53H32N4O. The van der Waals surface area contributed by atoms with Crippen molar-refractivity contribution in [3.05, 3.63) is 194 Å². The summed E-state index contributed by atoms with van der Waals surface area (Å²) in [6, 6.07) is 68.0. The van der Waals surface area contributed by atoms with Crippen molar-refractivity contribution < 1.29 is 4.42 Å². The topological polar surface area (TPSA) is 56.7 Å². The summed E-state index contributed by atoms with van der Waals surface area (Å²) in [5.74, 6) is 1.79. The van der Waals surface area contributed by atoms with Crippen LogP contribution in [0.1, 0.15) is 0 Å². The third kappa shape index (κ3) is 5.00. The van der Waals surface area contributed by atoms with Gasteiger partial charge in [-0.15, -0.1) is 0 Å². The van der Waals surface area contributed by atoms with E-state index in [-0.39, 0.29) is 0 Å². The van der Waals surface area contributed by atoms with E-state index < -0.39 is 0 Å². The van der Waals surface area contributed by atoms with Crippen LogP contribution in [0, 0.1) is 0 Å². The van der Waals surface area contributed by atoms with Crippen LogP contribution in [0.5, 0.6) is 0 Å². The lowest BCUT2D eigenvalue weighted by atomic mass is 9.94. The number of rotatable bonds is 5. The lowest BCUT2D eigenvalue weighted by Crippen LogP contribution is -2.01. The van der Waals surface area contributed by atoms with Crippen LogP contribution in [-0.2, 0) is 0 Å². The van der Waals surface area contributed by atoms with E-state index in [1.165, 1.54) is 43.4 Å². The second-order valence-electron chi connectivity index (χ2n) is 14.8. The Morgan fingerprint density at radius 1 is 0.345 bits per heavy atom. The fourth-order valence-electron chi connectivity index (χ4n) is 8.83. The van der Waals surface area contributed by atoms with E-state index in [4.69, 9.17) is 19.4 Å². The first-order chi connectivity index (χ1) is 28.8. The third-order valence-electron chi connectivity index (χ3n) is 11.4. The van der Waals surface area contributed by atoms with Crippen LogP contribution in [0.3, 0.4) is 0 Å². The number of fused-ring (bicyclic) bond motifs is 10. The van der Waals surface area contributed by atoms with Gasteiger partial charge >= 0.3 is 0 Å². The Morgan fingerprint density at radius 3 is 1.57 bits per heavy atom. The van der Waals surface area contributed by atoms with Crippen LogP contribution >= 0.6 is 0 Å². The Bertz CT molecular complexity index is 3500. The molecular weight excluding hydrogens is 709 g/mol. The molecule has 0 atom stereocenters. The zero-order chi connectivity index (χ0) is 38.2. The summed E-state index contributed by atoms with van der Waals surface area (Å²) in [6.07, 6.45) is 0. The van der Waals surface area contributed by atoms with Gasteiger partial charge in [0.2, 0.25) is 0 Å². The second-order valence-corrected chi connectivity index (χ2v) is 14.8. The van der Waals surface area contributed by atoms with Crippen molar-refractivity contribution in [1.82, 2.24) is 19.5 Å². The van der Waals surface area contributed by atoms with Gasteiger partial charge in [0.25, 0.3) is 0 Å². The minimum absolute atomic E-state index is 0.568. The summed E-state index contributed by atoms with van der Waals surface area (Å²) in [7, 11) is 0. The zero-order valence-corrected chi connectivity index (χ0v) is 31.2. The molecule has 5 heteroatoms. The Hall–Kier alpha value is -7.89. The minimum atomic E-state index is 0.568. The molecule has 58 heavy (non-hydrogen) atoms. The second kappa shape index (κ2) is 12.8. The molecule has 5 nitrogen and oxygen atoms in total. The maximum absolute atomic E-state index is 6.76. The van der Waals surface area contributed by atoms with Crippen molar-refractivity contribution in [2.75, 3.05) is 0 Å². The van der Waals surface area contributed by atoms with Crippen molar-refractivity contribution in [2.45, 2.75) is 0 Å². The van der Waals surface area contributed by atoms with E-state index in [2.05, 4.69) is 126 Å². The van der Waals surface area contributed by atoms with Crippen molar-refractivity contribution in [3.63, 3.8) is 0 Å². The Balaban J connectivity index is 1.25. The molecule has 0 saturated heterocycles. The summed E-state index contributed by atoms with van der Waals surface area (Å²) in [4.78, 5) is 15.3. The molecule has 0 N–H and O–H groups in total. The number of benzene rings is 9. The molecule has 0 fully saturated rings. The Kier molecular flexibility index (Phi) is 7.16. The third-order valence-corrected chi connectivity index (χ3v) is 11.4. The van der Waals surface area contributed by atoms with Gasteiger partial charge in [-0.3, -0.25) is 0 Å². The highest BCUT2D eigenvalue weighted by atomic mass is 16.3. The van der Waals surface area contributed by atoms with Crippen LogP contribution in [0.2, 0.25) is 0 Å². The molecule has 0 amide bonds. The van der Waals surface area contributed by atoms with Crippen LogP contribution in [0.25, 0.3) is 116 Å². The number of nitrogens with zero attached hydrogens (tertiary/aromatic N) is 4. The fraction of sp³-hybridized carbons (Fsp3) is 0. The molecule has 12 rings (SSSR count). The molecule has 0 saturated carbocycles. The number of hydrogen-bond donors (Lipinski definition) is 0. The average Bonchev–Trinajstić information content (AvgIpc) is 3.85. The predicted molar refractivity (Wildman–Crippen MR) is 238 cm³/mol. The molecule has 0 aliphatic heterocycles. The molecule has 0 unspecified atom stereocenters. The van der Waals surface area contributed by atoms with Gasteiger partial charge in [0.05, 0.1) is 22.1 Å². The first-order valence-electron chi connectivity index (χ1n) is 19.5. The van der Waals surface area contributed by atoms with Gasteiger partial charge in [0.15, 0.2) is 17.5 Å². The first-order valence-corrected chi connectivity index (χ1v) is 19.5. The number of hydrogen-bond acceptors (Lipinski definition) is 4. The average molecular weight is 741 g/mol. The highest BCUT2D eigenvalue weighted by molar-refractivity contribution is 6.30. The molecule has 270 valence electrons.